The van der Waals surface area contributed by atoms with Crippen LogP contribution in [0.1, 0.15) is 34.3 Å². The molecule has 0 aliphatic carbocycles. The Morgan fingerprint density at radius 2 is 1.63 bits per heavy atom. The highest BCUT2D eigenvalue weighted by molar-refractivity contribution is 5.75. The number of benzene rings is 2. The van der Waals surface area contributed by atoms with Gasteiger partial charge in [-0.2, -0.15) is 14.4 Å². The van der Waals surface area contributed by atoms with Crippen molar-refractivity contribution in [2.75, 3.05) is 0 Å². The van der Waals surface area contributed by atoms with Crippen LogP contribution in [0.2, 0.25) is 0 Å². The van der Waals surface area contributed by atoms with Crippen LogP contribution in [0.5, 0.6) is 0 Å². The predicted molar refractivity (Wildman–Crippen MR) is 133 cm³/mol. The molecular weight excluding hydrogens is 428 g/mol. The van der Waals surface area contributed by atoms with Gasteiger partial charge in [0.2, 0.25) is 11.4 Å². The van der Waals surface area contributed by atoms with E-state index in [1.165, 1.54) is 27.9 Å². The van der Waals surface area contributed by atoms with Gasteiger partial charge in [0.25, 0.3) is 12.1 Å². The second kappa shape index (κ2) is 7.44. The predicted octanol–water partition coefficient (Wildman–Crippen LogP) is 5.34. The number of pyridine rings is 3. The van der Waals surface area contributed by atoms with Crippen LogP contribution in [0.25, 0.3) is 33.6 Å². The number of nitrogens with zero attached hydrogens (tertiary/aromatic N) is 4. The molecule has 2 aromatic carbocycles. The largest absolute Gasteiger partial charge is 0.264 e. The molecule has 0 saturated carbocycles. The summed E-state index contributed by atoms with van der Waals surface area (Å²) in [4.78, 5) is 4.37. The molecule has 0 amide bonds. The van der Waals surface area contributed by atoms with Crippen LogP contribution in [0.3, 0.4) is 0 Å². The van der Waals surface area contributed by atoms with Crippen molar-refractivity contribution in [3.8, 4) is 39.7 Å². The fourth-order valence-corrected chi connectivity index (χ4v) is 5.98. The Hall–Kier alpha value is -4.62. The molecule has 0 saturated heterocycles. The first-order valence-electron chi connectivity index (χ1n) is 11.9. The third kappa shape index (κ3) is 2.76. The lowest BCUT2D eigenvalue weighted by atomic mass is 9.78. The van der Waals surface area contributed by atoms with E-state index in [1.807, 2.05) is 24.4 Å². The average Bonchev–Trinajstić information content (AvgIpc) is 2.92. The molecule has 5 heterocycles. The number of nitriles is 1. The summed E-state index contributed by atoms with van der Waals surface area (Å²) in [6.07, 6.45) is 8.17. The van der Waals surface area contributed by atoms with Crippen molar-refractivity contribution < 1.29 is 9.13 Å². The maximum Gasteiger partial charge on any atom is 0.250 e. The Morgan fingerprint density at radius 1 is 0.800 bits per heavy atom. The van der Waals surface area contributed by atoms with Crippen molar-refractivity contribution >= 4 is 0 Å². The van der Waals surface area contributed by atoms with E-state index in [2.05, 4.69) is 100 Å². The van der Waals surface area contributed by atoms with Crippen LogP contribution in [-0.4, -0.2) is 4.98 Å². The second-order valence-electron chi connectivity index (χ2n) is 9.26. The molecule has 2 aliphatic heterocycles. The van der Waals surface area contributed by atoms with Gasteiger partial charge in [-0.3, -0.25) is 4.98 Å². The molecule has 2 aliphatic rings. The Balaban J connectivity index is 1.62. The third-order valence-corrected chi connectivity index (χ3v) is 7.43. The lowest BCUT2D eigenvalue weighted by molar-refractivity contribution is -0.799. The van der Waals surface area contributed by atoms with Gasteiger partial charge in [-0.15, -0.1) is 0 Å². The summed E-state index contributed by atoms with van der Waals surface area (Å²) in [5, 5.41) is 10.1. The maximum absolute atomic E-state index is 10.1. The second-order valence-corrected chi connectivity index (χ2v) is 9.26. The zero-order valence-electron chi connectivity index (χ0n) is 19.3. The first-order valence-corrected chi connectivity index (χ1v) is 11.9. The van der Waals surface area contributed by atoms with Gasteiger partial charge in [-0.05, 0) is 36.8 Å². The summed E-state index contributed by atoms with van der Waals surface area (Å²) in [5.74, 6) is 0. The fraction of sp³-hybridized carbons (Fsp3) is 0.0968. The molecule has 2 unspecified atom stereocenters. The molecule has 7 rings (SSSR count). The van der Waals surface area contributed by atoms with E-state index in [9.17, 15) is 5.26 Å². The number of aromatic nitrogens is 3. The first kappa shape index (κ1) is 19.8. The van der Waals surface area contributed by atoms with Gasteiger partial charge in [-0.25, -0.2) is 0 Å². The summed E-state index contributed by atoms with van der Waals surface area (Å²) < 4.78 is 4.78. The summed E-state index contributed by atoms with van der Waals surface area (Å²) in [6.45, 7) is 2.14. The van der Waals surface area contributed by atoms with Crippen molar-refractivity contribution in [1.29, 1.82) is 5.26 Å². The van der Waals surface area contributed by atoms with Crippen LogP contribution in [0.15, 0.2) is 104 Å². The zero-order valence-corrected chi connectivity index (χ0v) is 19.3. The minimum atomic E-state index is 0.0337. The first-order chi connectivity index (χ1) is 17.3. The van der Waals surface area contributed by atoms with Gasteiger partial charge in [0.15, 0.2) is 12.4 Å². The highest BCUT2D eigenvalue weighted by atomic mass is 15.1. The lowest BCUT2D eigenvalue weighted by Gasteiger charge is -2.32. The summed E-state index contributed by atoms with van der Waals surface area (Å²) in [7, 11) is 0. The molecule has 5 aromatic rings. The van der Waals surface area contributed by atoms with E-state index in [-0.39, 0.29) is 12.1 Å². The highest BCUT2D eigenvalue weighted by Crippen LogP contribution is 2.46. The normalized spacial score (nSPS) is 16.7. The fourth-order valence-electron chi connectivity index (χ4n) is 5.98. The molecule has 35 heavy (non-hydrogen) atoms. The number of hydrogen-bond donors (Lipinski definition) is 0. The van der Waals surface area contributed by atoms with Crippen LogP contribution in [-0.2, 0) is 0 Å². The third-order valence-electron chi connectivity index (χ3n) is 7.43. The van der Waals surface area contributed by atoms with Gasteiger partial charge in [0, 0.05) is 47.3 Å². The molecule has 0 fully saturated rings. The van der Waals surface area contributed by atoms with E-state index in [1.54, 1.807) is 6.20 Å². The molecule has 4 nitrogen and oxygen atoms in total. The van der Waals surface area contributed by atoms with Crippen molar-refractivity contribution in [2.24, 2.45) is 0 Å². The number of fused-ring (bicyclic) bond motifs is 11. The van der Waals surface area contributed by atoms with Gasteiger partial charge < -0.3 is 0 Å². The average molecular weight is 451 g/mol. The lowest BCUT2D eigenvalue weighted by Crippen LogP contribution is -2.60. The van der Waals surface area contributed by atoms with E-state index >= 15 is 0 Å². The summed E-state index contributed by atoms with van der Waals surface area (Å²) in [6, 6.07) is 30.1. The molecular formula is C31H22N4+2. The van der Waals surface area contributed by atoms with Gasteiger partial charge in [0.05, 0.1) is 22.3 Å². The molecule has 0 bridgehead atoms. The molecule has 2 atom stereocenters. The van der Waals surface area contributed by atoms with E-state index in [0.717, 1.165) is 22.4 Å². The Labute approximate surface area is 204 Å². The quantitative estimate of drug-likeness (QED) is 0.324. The Bertz CT molecular complexity index is 1680. The molecule has 4 heteroatoms. The number of aryl methyl sites for hydroxylation is 1. The Kier molecular flexibility index (Phi) is 4.21. The van der Waals surface area contributed by atoms with Crippen LogP contribution >= 0.6 is 0 Å². The van der Waals surface area contributed by atoms with E-state index < -0.39 is 0 Å². The van der Waals surface area contributed by atoms with Gasteiger partial charge in [-0.1, -0.05) is 36.4 Å². The van der Waals surface area contributed by atoms with Crippen molar-refractivity contribution in [2.45, 2.75) is 19.0 Å². The summed E-state index contributed by atoms with van der Waals surface area (Å²) in [5.41, 5.74) is 11.2. The molecule has 164 valence electrons. The molecule has 0 radical (unpaired) electrons. The minimum Gasteiger partial charge on any atom is -0.264 e. The van der Waals surface area contributed by atoms with E-state index in [0.29, 0.717) is 5.56 Å². The smallest absolute Gasteiger partial charge is 0.250 e. The molecule has 0 spiro atoms. The van der Waals surface area contributed by atoms with Crippen LogP contribution < -0.4 is 9.13 Å². The maximum atomic E-state index is 10.1. The van der Waals surface area contributed by atoms with Crippen molar-refractivity contribution in [1.82, 2.24) is 4.98 Å². The monoisotopic (exact) mass is 450 g/mol. The molecule has 0 N–H and O–H groups in total. The highest BCUT2D eigenvalue weighted by Gasteiger charge is 2.52. The topological polar surface area (TPSA) is 44.4 Å². The van der Waals surface area contributed by atoms with Gasteiger partial charge >= 0.3 is 0 Å². The van der Waals surface area contributed by atoms with Crippen LogP contribution in [0.4, 0.5) is 0 Å². The summed E-state index contributed by atoms with van der Waals surface area (Å²) >= 11 is 0. The minimum absolute atomic E-state index is 0.0337. The number of hydrogen-bond acceptors (Lipinski definition) is 2. The van der Waals surface area contributed by atoms with Gasteiger partial charge in [0.1, 0.15) is 6.07 Å². The van der Waals surface area contributed by atoms with Crippen molar-refractivity contribution in [3.63, 3.8) is 0 Å². The van der Waals surface area contributed by atoms with Crippen LogP contribution in [0, 0.1) is 18.3 Å². The van der Waals surface area contributed by atoms with Crippen molar-refractivity contribution in [3.05, 3.63) is 126 Å². The zero-order chi connectivity index (χ0) is 23.5. The Morgan fingerprint density at radius 3 is 2.49 bits per heavy atom. The SMILES string of the molecule is Cc1cc2[n+](cc1-c1cccnc1)C1c3ccccc3-c3cccc[n+]3C1c1cccc(C#N)c1-2. The standard InChI is InChI=1S/C31H22N4/c1-20-16-28-29-21(17-32)8-6-12-25(29)31-30(35(28)19-26(20)22-9-7-14-33-18-22)24-11-3-2-10-23(24)27-13-4-5-15-34(27)31/h2-16,18-19,30-31H,1H3/q+2. The molecule has 3 aromatic heterocycles. The number of rotatable bonds is 1. The van der Waals surface area contributed by atoms with E-state index in [4.69, 9.17) is 0 Å².